The molecule has 3 heterocycles. The summed E-state index contributed by atoms with van der Waals surface area (Å²) in [5, 5.41) is 12.4. The van der Waals surface area contributed by atoms with Gasteiger partial charge in [0.05, 0.1) is 17.6 Å². The third kappa shape index (κ3) is 3.89. The molecule has 8 nitrogen and oxygen atoms in total. The molecule has 0 saturated heterocycles. The highest BCUT2D eigenvalue weighted by Gasteiger charge is 2.38. The number of nitrogens with zero attached hydrogens (tertiary/aromatic N) is 3. The molecule has 5 rings (SSSR count). The Hall–Kier alpha value is -2.94. The number of aromatic nitrogens is 3. The minimum atomic E-state index is -0.368. The lowest BCUT2D eigenvalue weighted by molar-refractivity contribution is -0.120. The molecule has 1 saturated carbocycles. The standard InChI is InChI=1S/C22H24N4O4S/c1-26-20(17-5-4-10-28-17)24-25-21(26)31-14-19(27)23-22(8-2-3-9-22)15-6-7-16-18(13-15)30-12-11-29-16/h4-7,10,13H,2-3,8-9,11-12,14H2,1H3,(H,23,27). The van der Waals surface area contributed by atoms with Crippen LogP contribution in [0.4, 0.5) is 0 Å². The maximum absolute atomic E-state index is 12.9. The van der Waals surface area contributed by atoms with Gasteiger partial charge in [-0.2, -0.15) is 0 Å². The predicted molar refractivity (Wildman–Crippen MR) is 115 cm³/mol. The topological polar surface area (TPSA) is 91.4 Å². The van der Waals surface area contributed by atoms with E-state index < -0.39 is 0 Å². The summed E-state index contributed by atoms with van der Waals surface area (Å²) < 4.78 is 18.6. The van der Waals surface area contributed by atoms with Crippen LogP contribution in [0.3, 0.4) is 0 Å². The van der Waals surface area contributed by atoms with Crippen molar-refractivity contribution in [2.24, 2.45) is 7.05 Å². The first-order valence-corrected chi connectivity index (χ1v) is 11.4. The molecule has 3 aromatic rings. The molecule has 0 unspecified atom stereocenters. The molecule has 9 heteroatoms. The Morgan fingerprint density at radius 2 is 1.97 bits per heavy atom. The Bertz CT molecular complexity index is 1070. The van der Waals surface area contributed by atoms with E-state index in [0.29, 0.717) is 30.0 Å². The van der Waals surface area contributed by atoms with Crippen LogP contribution in [-0.2, 0) is 17.4 Å². The predicted octanol–water partition coefficient (Wildman–Crippen LogP) is 3.52. The van der Waals surface area contributed by atoms with E-state index in [0.717, 1.165) is 42.7 Å². The number of fused-ring (bicyclic) bond motifs is 1. The van der Waals surface area contributed by atoms with Crippen molar-refractivity contribution in [2.45, 2.75) is 36.4 Å². The average Bonchev–Trinajstić information content (AvgIpc) is 3.54. The van der Waals surface area contributed by atoms with Crippen molar-refractivity contribution >= 4 is 17.7 Å². The number of rotatable bonds is 6. The Balaban J connectivity index is 1.28. The van der Waals surface area contributed by atoms with Crippen LogP contribution in [0.15, 0.2) is 46.2 Å². The van der Waals surface area contributed by atoms with E-state index in [-0.39, 0.29) is 17.2 Å². The summed E-state index contributed by atoms with van der Waals surface area (Å²) in [5.41, 5.74) is 0.707. The van der Waals surface area contributed by atoms with Crippen molar-refractivity contribution < 1.29 is 18.7 Å². The van der Waals surface area contributed by atoms with Gasteiger partial charge in [0.15, 0.2) is 28.2 Å². The third-order valence-corrected chi connectivity index (χ3v) is 6.86. The fourth-order valence-electron chi connectivity index (χ4n) is 4.30. The van der Waals surface area contributed by atoms with Crippen molar-refractivity contribution in [1.29, 1.82) is 0 Å². The molecule has 0 radical (unpaired) electrons. The summed E-state index contributed by atoms with van der Waals surface area (Å²) in [5.74, 6) is 3.04. The van der Waals surface area contributed by atoms with Gasteiger partial charge in [-0.05, 0) is 42.7 Å². The van der Waals surface area contributed by atoms with Gasteiger partial charge in [0.1, 0.15) is 13.2 Å². The fourth-order valence-corrected chi connectivity index (χ4v) is 5.01. The van der Waals surface area contributed by atoms with Crippen LogP contribution in [-0.4, -0.2) is 39.6 Å². The number of benzene rings is 1. The summed E-state index contributed by atoms with van der Waals surface area (Å²) >= 11 is 1.36. The lowest BCUT2D eigenvalue weighted by Gasteiger charge is -2.32. The van der Waals surface area contributed by atoms with Gasteiger partial charge in [-0.15, -0.1) is 10.2 Å². The lowest BCUT2D eigenvalue weighted by Crippen LogP contribution is -2.44. The van der Waals surface area contributed by atoms with Crippen LogP contribution in [0.2, 0.25) is 0 Å². The van der Waals surface area contributed by atoms with Crippen LogP contribution in [0.25, 0.3) is 11.6 Å². The van der Waals surface area contributed by atoms with Gasteiger partial charge >= 0.3 is 0 Å². The summed E-state index contributed by atoms with van der Waals surface area (Å²) in [7, 11) is 1.87. The molecule has 1 amide bonds. The molecule has 1 fully saturated rings. The van der Waals surface area contributed by atoms with E-state index in [1.54, 1.807) is 6.26 Å². The van der Waals surface area contributed by atoms with Gasteiger partial charge in [-0.1, -0.05) is 30.7 Å². The highest BCUT2D eigenvalue weighted by atomic mass is 32.2. The van der Waals surface area contributed by atoms with Gasteiger partial charge in [0.25, 0.3) is 0 Å². The van der Waals surface area contributed by atoms with E-state index in [1.165, 1.54) is 11.8 Å². The van der Waals surface area contributed by atoms with E-state index in [1.807, 2.05) is 41.9 Å². The minimum absolute atomic E-state index is 0.0238. The molecule has 2 aliphatic rings. The second-order valence-electron chi connectivity index (χ2n) is 7.83. The zero-order chi connectivity index (χ0) is 21.3. The van der Waals surface area contributed by atoms with Crippen LogP contribution in [0, 0.1) is 0 Å². The number of ether oxygens (including phenoxy) is 2. The highest BCUT2D eigenvalue weighted by Crippen LogP contribution is 2.42. The Morgan fingerprint density at radius 1 is 1.16 bits per heavy atom. The molecule has 0 atom stereocenters. The smallest absolute Gasteiger partial charge is 0.231 e. The van der Waals surface area contributed by atoms with Crippen LogP contribution in [0.1, 0.15) is 31.2 Å². The van der Waals surface area contributed by atoms with Gasteiger partial charge in [-0.25, -0.2) is 0 Å². The summed E-state index contributed by atoms with van der Waals surface area (Å²) in [6.45, 7) is 1.11. The number of carbonyl (C=O) groups is 1. The molecular weight excluding hydrogens is 416 g/mol. The quantitative estimate of drug-likeness (QED) is 0.586. The maximum Gasteiger partial charge on any atom is 0.231 e. The zero-order valence-corrected chi connectivity index (χ0v) is 18.1. The highest BCUT2D eigenvalue weighted by molar-refractivity contribution is 7.99. The first kappa shape index (κ1) is 20.0. The van der Waals surface area contributed by atoms with Crippen molar-refractivity contribution in [3.05, 3.63) is 42.2 Å². The van der Waals surface area contributed by atoms with Gasteiger partial charge in [-0.3, -0.25) is 4.79 Å². The molecule has 1 aromatic carbocycles. The number of hydrogen-bond acceptors (Lipinski definition) is 7. The molecule has 31 heavy (non-hydrogen) atoms. The van der Waals surface area contributed by atoms with Gasteiger partial charge in [0.2, 0.25) is 5.91 Å². The number of carbonyl (C=O) groups excluding carboxylic acids is 1. The van der Waals surface area contributed by atoms with Crippen LogP contribution >= 0.6 is 11.8 Å². The third-order valence-electron chi connectivity index (χ3n) is 5.84. The van der Waals surface area contributed by atoms with Crippen LogP contribution in [0.5, 0.6) is 11.5 Å². The molecule has 1 N–H and O–H groups in total. The van der Waals surface area contributed by atoms with Crippen molar-refractivity contribution in [2.75, 3.05) is 19.0 Å². The largest absolute Gasteiger partial charge is 0.486 e. The molecule has 0 spiro atoms. The van der Waals surface area contributed by atoms with Crippen LogP contribution < -0.4 is 14.8 Å². The minimum Gasteiger partial charge on any atom is -0.486 e. The van der Waals surface area contributed by atoms with E-state index in [2.05, 4.69) is 15.5 Å². The molecule has 1 aliphatic heterocycles. The lowest BCUT2D eigenvalue weighted by atomic mass is 9.87. The number of hydrogen-bond donors (Lipinski definition) is 1. The fraction of sp³-hybridized carbons (Fsp3) is 0.409. The Labute approximate surface area is 184 Å². The Kier molecular flexibility index (Phi) is 5.35. The zero-order valence-electron chi connectivity index (χ0n) is 17.3. The first-order valence-electron chi connectivity index (χ1n) is 10.4. The second kappa shape index (κ2) is 8.30. The molecule has 1 aliphatic carbocycles. The summed E-state index contributed by atoms with van der Waals surface area (Å²) in [4.78, 5) is 12.9. The summed E-state index contributed by atoms with van der Waals surface area (Å²) in [6, 6.07) is 9.65. The monoisotopic (exact) mass is 440 g/mol. The molecule has 0 bridgehead atoms. The van der Waals surface area contributed by atoms with Crippen molar-refractivity contribution in [3.63, 3.8) is 0 Å². The van der Waals surface area contributed by atoms with Crippen molar-refractivity contribution in [3.8, 4) is 23.1 Å². The molecule has 162 valence electrons. The number of amides is 1. The number of furan rings is 1. The van der Waals surface area contributed by atoms with Gasteiger partial charge < -0.3 is 23.8 Å². The second-order valence-corrected chi connectivity index (χ2v) is 8.77. The average molecular weight is 441 g/mol. The summed E-state index contributed by atoms with van der Waals surface area (Å²) in [6.07, 6.45) is 5.59. The number of thioether (sulfide) groups is 1. The van der Waals surface area contributed by atoms with E-state index >= 15 is 0 Å². The van der Waals surface area contributed by atoms with E-state index in [4.69, 9.17) is 13.9 Å². The SMILES string of the molecule is Cn1c(SCC(=O)NC2(c3ccc4c(c3)OCCO4)CCCC2)nnc1-c1ccco1. The van der Waals surface area contributed by atoms with Crippen molar-refractivity contribution in [1.82, 2.24) is 20.1 Å². The molecule has 2 aromatic heterocycles. The molecular formula is C22H24N4O4S. The Morgan fingerprint density at radius 3 is 2.74 bits per heavy atom. The van der Waals surface area contributed by atoms with Gasteiger partial charge in [0, 0.05) is 7.05 Å². The normalized spacial score (nSPS) is 16.9. The van der Waals surface area contributed by atoms with E-state index in [9.17, 15) is 4.79 Å². The number of nitrogens with one attached hydrogen (secondary N) is 1. The first-order chi connectivity index (χ1) is 15.1. The maximum atomic E-state index is 12.9.